The van der Waals surface area contributed by atoms with Crippen LogP contribution in [0, 0.1) is 23.3 Å². The van der Waals surface area contributed by atoms with Gasteiger partial charge >= 0.3 is 0 Å². The number of anilines is 1. The van der Waals surface area contributed by atoms with Crippen molar-refractivity contribution in [2.45, 2.75) is 25.9 Å². The van der Waals surface area contributed by atoms with E-state index in [2.05, 4.69) is 10.3 Å². The summed E-state index contributed by atoms with van der Waals surface area (Å²) in [5, 5.41) is 2.53. The Hall–Kier alpha value is -3.75. The summed E-state index contributed by atoms with van der Waals surface area (Å²) < 4.78 is 53.9. The summed E-state index contributed by atoms with van der Waals surface area (Å²) in [6, 6.07) is 7.51. The van der Waals surface area contributed by atoms with E-state index >= 15 is 0 Å². The van der Waals surface area contributed by atoms with Crippen LogP contribution >= 0.6 is 0 Å². The monoisotopic (exact) mass is 443 g/mol. The molecule has 0 spiro atoms. The summed E-state index contributed by atoms with van der Waals surface area (Å²) in [4.78, 5) is 30.7. The number of nitrogens with zero attached hydrogens (tertiary/aromatic N) is 2. The number of aryl methyl sites for hydroxylation is 1. The van der Waals surface area contributed by atoms with Crippen molar-refractivity contribution in [1.82, 2.24) is 10.3 Å². The van der Waals surface area contributed by atoms with Gasteiger partial charge in [-0.05, 0) is 29.8 Å². The number of aromatic nitrogens is 1. The maximum absolute atomic E-state index is 13.8. The van der Waals surface area contributed by atoms with E-state index in [4.69, 9.17) is 0 Å². The lowest BCUT2D eigenvalue weighted by Crippen LogP contribution is -2.35. The van der Waals surface area contributed by atoms with E-state index in [1.165, 1.54) is 23.2 Å². The van der Waals surface area contributed by atoms with Crippen LogP contribution in [-0.4, -0.2) is 16.8 Å². The van der Waals surface area contributed by atoms with Crippen LogP contribution in [0.2, 0.25) is 0 Å². The first-order valence-corrected chi connectivity index (χ1v) is 9.76. The predicted molar refractivity (Wildman–Crippen MR) is 108 cm³/mol. The molecule has 164 valence electrons. The Labute approximate surface area is 180 Å². The lowest BCUT2D eigenvalue weighted by molar-refractivity contribution is -0.119. The van der Waals surface area contributed by atoms with Gasteiger partial charge in [0.2, 0.25) is 5.91 Å². The van der Waals surface area contributed by atoms with Crippen molar-refractivity contribution in [1.29, 1.82) is 0 Å². The second-order valence-corrected chi connectivity index (χ2v) is 7.37. The molecule has 0 radical (unpaired) electrons. The zero-order chi connectivity index (χ0) is 22.8. The molecule has 9 heteroatoms. The van der Waals surface area contributed by atoms with Crippen LogP contribution in [0.1, 0.15) is 33.6 Å². The minimum Gasteiger partial charge on any atom is -0.348 e. The third-order valence-electron chi connectivity index (χ3n) is 5.09. The van der Waals surface area contributed by atoms with Crippen molar-refractivity contribution in [3.63, 3.8) is 0 Å². The Balaban J connectivity index is 1.56. The van der Waals surface area contributed by atoms with Gasteiger partial charge in [-0.3, -0.25) is 14.6 Å². The predicted octanol–water partition coefficient (Wildman–Crippen LogP) is 4.05. The van der Waals surface area contributed by atoms with Crippen molar-refractivity contribution >= 4 is 17.5 Å². The quantitative estimate of drug-likeness (QED) is 0.606. The molecular formula is C23H17F4N3O2. The summed E-state index contributed by atoms with van der Waals surface area (Å²) in [6.07, 6.45) is 1.88. The molecule has 3 aromatic rings. The molecule has 1 aliphatic rings. The summed E-state index contributed by atoms with van der Waals surface area (Å²) >= 11 is 0. The minimum absolute atomic E-state index is 0.0892. The molecule has 32 heavy (non-hydrogen) atoms. The third kappa shape index (κ3) is 4.61. The normalized spacial score (nSPS) is 13.1. The topological polar surface area (TPSA) is 62.3 Å². The average Bonchev–Trinajstić information content (AvgIpc) is 2.74. The summed E-state index contributed by atoms with van der Waals surface area (Å²) in [5.41, 5.74) is 1.42. The molecule has 0 aliphatic carbocycles. The fourth-order valence-corrected chi connectivity index (χ4v) is 3.53. The van der Waals surface area contributed by atoms with Gasteiger partial charge in [0, 0.05) is 43.3 Å². The van der Waals surface area contributed by atoms with Crippen LogP contribution in [0.5, 0.6) is 0 Å². The highest BCUT2D eigenvalue weighted by molar-refractivity contribution is 5.99. The van der Waals surface area contributed by atoms with E-state index in [1.807, 2.05) is 0 Å². The number of rotatable bonds is 5. The third-order valence-corrected chi connectivity index (χ3v) is 5.09. The van der Waals surface area contributed by atoms with Gasteiger partial charge in [0.1, 0.15) is 23.3 Å². The molecular weight excluding hydrogens is 426 g/mol. The molecule has 0 saturated carbocycles. The van der Waals surface area contributed by atoms with Gasteiger partial charge in [0.25, 0.3) is 5.91 Å². The summed E-state index contributed by atoms with van der Waals surface area (Å²) in [5.74, 6) is -3.87. The van der Waals surface area contributed by atoms with Gasteiger partial charge in [0.05, 0.1) is 23.5 Å². The van der Waals surface area contributed by atoms with Crippen LogP contribution in [0.15, 0.2) is 48.7 Å². The molecule has 0 atom stereocenters. The molecule has 0 saturated heterocycles. The Morgan fingerprint density at radius 1 is 0.969 bits per heavy atom. The van der Waals surface area contributed by atoms with E-state index in [-0.39, 0.29) is 42.1 Å². The molecule has 2 amide bonds. The fourth-order valence-electron chi connectivity index (χ4n) is 3.53. The molecule has 1 aliphatic heterocycles. The molecule has 0 unspecified atom stereocenters. The zero-order valence-electron chi connectivity index (χ0n) is 16.7. The summed E-state index contributed by atoms with van der Waals surface area (Å²) in [7, 11) is 0. The SMILES string of the molecule is O=C(NCc1ccc(F)cc1F)c1cnc2c(c1)N(Cc1cc(F)cc(F)c1)C(=O)CC2. The zero-order valence-corrected chi connectivity index (χ0v) is 16.7. The fraction of sp³-hybridized carbons (Fsp3) is 0.174. The number of amides is 2. The maximum Gasteiger partial charge on any atom is 0.253 e. The van der Waals surface area contributed by atoms with Gasteiger partial charge in [-0.2, -0.15) is 0 Å². The van der Waals surface area contributed by atoms with Gasteiger partial charge in [-0.15, -0.1) is 0 Å². The maximum atomic E-state index is 13.8. The van der Waals surface area contributed by atoms with E-state index in [0.29, 0.717) is 17.8 Å². The second-order valence-electron chi connectivity index (χ2n) is 7.37. The van der Waals surface area contributed by atoms with E-state index in [1.54, 1.807) is 0 Å². The van der Waals surface area contributed by atoms with Crippen molar-refractivity contribution < 1.29 is 27.2 Å². The number of hydrogen-bond donors (Lipinski definition) is 1. The lowest BCUT2D eigenvalue weighted by atomic mass is 10.0. The van der Waals surface area contributed by atoms with Gasteiger partial charge in [0.15, 0.2) is 0 Å². The number of hydrogen-bond acceptors (Lipinski definition) is 3. The number of carbonyl (C=O) groups is 2. The van der Waals surface area contributed by atoms with Gasteiger partial charge in [-0.1, -0.05) is 6.07 Å². The number of halogens is 4. The van der Waals surface area contributed by atoms with Crippen molar-refractivity contribution in [2.24, 2.45) is 0 Å². The lowest BCUT2D eigenvalue weighted by Gasteiger charge is -2.29. The van der Waals surface area contributed by atoms with Crippen LogP contribution in [-0.2, 0) is 24.3 Å². The second kappa shape index (κ2) is 8.78. The highest BCUT2D eigenvalue weighted by atomic mass is 19.1. The molecule has 4 rings (SSSR count). The number of nitrogens with one attached hydrogen (secondary N) is 1. The standard InChI is InChI=1S/C23H17F4N3O2/c24-16-2-1-14(19(27)9-16)10-29-23(32)15-7-21-20(28-11-15)3-4-22(31)30(21)12-13-5-17(25)8-18(26)6-13/h1-2,5-9,11H,3-4,10,12H2,(H,29,32). The van der Waals surface area contributed by atoms with E-state index < -0.39 is 29.2 Å². The van der Waals surface area contributed by atoms with Crippen molar-refractivity contribution in [3.8, 4) is 0 Å². The Morgan fingerprint density at radius 3 is 2.44 bits per heavy atom. The minimum atomic E-state index is -0.784. The first-order valence-electron chi connectivity index (χ1n) is 9.76. The molecule has 0 fully saturated rings. The van der Waals surface area contributed by atoms with Crippen LogP contribution < -0.4 is 10.2 Å². The van der Waals surface area contributed by atoms with Crippen molar-refractivity contribution in [2.75, 3.05) is 4.90 Å². The van der Waals surface area contributed by atoms with E-state index in [0.717, 1.165) is 30.3 Å². The summed E-state index contributed by atoms with van der Waals surface area (Å²) in [6.45, 7) is -0.263. The number of fused-ring (bicyclic) bond motifs is 1. The Bertz CT molecular complexity index is 1200. The van der Waals surface area contributed by atoms with Crippen LogP contribution in [0.3, 0.4) is 0 Å². The van der Waals surface area contributed by atoms with Crippen LogP contribution in [0.4, 0.5) is 23.2 Å². The average molecular weight is 443 g/mol. The molecule has 1 aromatic heterocycles. The Morgan fingerprint density at radius 2 is 1.72 bits per heavy atom. The highest BCUT2D eigenvalue weighted by Gasteiger charge is 2.27. The first-order chi connectivity index (χ1) is 15.3. The number of benzene rings is 2. The Kier molecular flexibility index (Phi) is 5.89. The number of pyridine rings is 1. The largest absolute Gasteiger partial charge is 0.348 e. The molecule has 5 nitrogen and oxygen atoms in total. The first kappa shape index (κ1) is 21.5. The molecule has 2 heterocycles. The van der Waals surface area contributed by atoms with Gasteiger partial charge in [-0.25, -0.2) is 17.6 Å². The van der Waals surface area contributed by atoms with Crippen LogP contribution in [0.25, 0.3) is 0 Å². The number of carbonyl (C=O) groups excluding carboxylic acids is 2. The van der Waals surface area contributed by atoms with Crippen molar-refractivity contribution in [3.05, 3.63) is 94.3 Å². The smallest absolute Gasteiger partial charge is 0.253 e. The molecule has 0 bridgehead atoms. The molecule has 1 N–H and O–H groups in total. The molecule has 2 aromatic carbocycles. The van der Waals surface area contributed by atoms with E-state index in [9.17, 15) is 27.2 Å². The highest BCUT2D eigenvalue weighted by Crippen LogP contribution is 2.29. The van der Waals surface area contributed by atoms with Gasteiger partial charge < -0.3 is 10.2 Å².